The van der Waals surface area contributed by atoms with Crippen LogP contribution in [0.15, 0.2) is 34.1 Å². The van der Waals surface area contributed by atoms with Crippen LogP contribution in [-0.4, -0.2) is 16.7 Å². The van der Waals surface area contributed by atoms with Crippen molar-refractivity contribution in [3.63, 3.8) is 0 Å². The van der Waals surface area contributed by atoms with Crippen LogP contribution in [0.5, 0.6) is 5.75 Å². The number of rotatable bonds is 4. The van der Waals surface area contributed by atoms with Gasteiger partial charge in [0.15, 0.2) is 0 Å². The molecule has 20 heavy (non-hydrogen) atoms. The van der Waals surface area contributed by atoms with E-state index in [-0.39, 0.29) is 0 Å². The Bertz CT molecular complexity index is 753. The zero-order chi connectivity index (χ0) is 14.1. The summed E-state index contributed by atoms with van der Waals surface area (Å²) in [5.74, 6) is 2.07. The first kappa shape index (κ1) is 13.9. The van der Waals surface area contributed by atoms with Gasteiger partial charge in [0, 0.05) is 20.8 Å². The highest BCUT2D eigenvalue weighted by Gasteiger charge is 2.12. The van der Waals surface area contributed by atoms with Crippen molar-refractivity contribution in [3.05, 3.63) is 44.8 Å². The minimum atomic E-state index is 0.392. The monoisotopic (exact) mass is 370 g/mol. The standard InChI is InChI=1S/C14H12BrClN2OS/c1-19-10-2-3-13-12(5-10)17-14(6-16)18(13)7-11-4-9(15)8-20-11/h2-5,8H,6-7H2,1H3. The third-order valence-corrected chi connectivity index (χ3v) is 5.01. The minimum Gasteiger partial charge on any atom is -0.497 e. The Kier molecular flexibility index (Phi) is 4.01. The first-order valence-corrected chi connectivity index (χ1v) is 8.24. The second kappa shape index (κ2) is 5.76. The average molecular weight is 372 g/mol. The van der Waals surface area contributed by atoms with Crippen molar-refractivity contribution in [2.45, 2.75) is 12.4 Å². The van der Waals surface area contributed by atoms with Crippen LogP contribution in [-0.2, 0) is 12.4 Å². The SMILES string of the molecule is COc1ccc2c(c1)nc(CCl)n2Cc1cc(Br)cs1. The van der Waals surface area contributed by atoms with Crippen LogP contribution < -0.4 is 4.74 Å². The lowest BCUT2D eigenvalue weighted by Gasteiger charge is -2.06. The van der Waals surface area contributed by atoms with Gasteiger partial charge in [-0.3, -0.25) is 0 Å². The number of ether oxygens (including phenoxy) is 1. The van der Waals surface area contributed by atoms with Gasteiger partial charge in [0.1, 0.15) is 11.6 Å². The molecular formula is C14H12BrClN2OS. The Hall–Kier alpha value is -1.04. The number of nitrogens with zero attached hydrogens (tertiary/aromatic N) is 2. The Labute approximate surface area is 134 Å². The number of halogens is 2. The molecule has 0 unspecified atom stereocenters. The van der Waals surface area contributed by atoms with Crippen molar-refractivity contribution < 1.29 is 4.74 Å². The Morgan fingerprint density at radius 3 is 2.90 bits per heavy atom. The fourth-order valence-corrected chi connectivity index (χ4v) is 3.80. The molecule has 3 nitrogen and oxygen atoms in total. The van der Waals surface area contributed by atoms with Crippen molar-refractivity contribution >= 4 is 49.9 Å². The van der Waals surface area contributed by atoms with Gasteiger partial charge in [-0.2, -0.15) is 0 Å². The lowest BCUT2D eigenvalue weighted by atomic mass is 10.3. The van der Waals surface area contributed by atoms with E-state index in [1.807, 2.05) is 18.2 Å². The first-order valence-electron chi connectivity index (χ1n) is 6.03. The summed E-state index contributed by atoms with van der Waals surface area (Å²) < 4.78 is 8.50. The topological polar surface area (TPSA) is 27.1 Å². The predicted molar refractivity (Wildman–Crippen MR) is 87.0 cm³/mol. The van der Waals surface area contributed by atoms with Crippen LogP contribution in [0.3, 0.4) is 0 Å². The lowest BCUT2D eigenvalue weighted by Crippen LogP contribution is -2.02. The van der Waals surface area contributed by atoms with E-state index in [4.69, 9.17) is 16.3 Å². The second-order valence-corrected chi connectivity index (χ2v) is 6.51. The Morgan fingerprint density at radius 2 is 2.25 bits per heavy atom. The quantitative estimate of drug-likeness (QED) is 0.624. The van der Waals surface area contributed by atoms with Crippen molar-refractivity contribution in [3.8, 4) is 5.75 Å². The van der Waals surface area contributed by atoms with E-state index in [1.165, 1.54) is 4.88 Å². The number of methoxy groups -OCH3 is 1. The smallest absolute Gasteiger partial charge is 0.125 e. The van der Waals surface area contributed by atoms with Gasteiger partial charge in [-0.25, -0.2) is 4.98 Å². The normalized spacial score (nSPS) is 11.2. The number of imidazole rings is 1. The minimum absolute atomic E-state index is 0.392. The third-order valence-electron chi connectivity index (χ3n) is 3.09. The van der Waals surface area contributed by atoms with E-state index < -0.39 is 0 Å². The number of thiophene rings is 1. The van der Waals surface area contributed by atoms with Gasteiger partial charge in [0.25, 0.3) is 0 Å². The summed E-state index contributed by atoms with van der Waals surface area (Å²) in [7, 11) is 1.66. The Balaban J connectivity index is 2.08. The molecule has 0 radical (unpaired) electrons. The van der Waals surface area contributed by atoms with Crippen molar-refractivity contribution in [2.75, 3.05) is 7.11 Å². The molecule has 0 amide bonds. The van der Waals surface area contributed by atoms with Crippen LogP contribution in [0.1, 0.15) is 10.7 Å². The lowest BCUT2D eigenvalue weighted by molar-refractivity contribution is 0.415. The summed E-state index contributed by atoms with van der Waals surface area (Å²) in [4.78, 5) is 5.85. The highest BCUT2D eigenvalue weighted by molar-refractivity contribution is 9.10. The van der Waals surface area contributed by atoms with Gasteiger partial charge in [-0.05, 0) is 34.1 Å². The van der Waals surface area contributed by atoms with E-state index in [1.54, 1.807) is 18.4 Å². The van der Waals surface area contributed by atoms with Crippen molar-refractivity contribution in [1.82, 2.24) is 9.55 Å². The highest BCUT2D eigenvalue weighted by Crippen LogP contribution is 2.26. The largest absolute Gasteiger partial charge is 0.497 e. The summed E-state index contributed by atoms with van der Waals surface area (Å²) in [6.45, 7) is 0.779. The molecule has 0 saturated carbocycles. The van der Waals surface area contributed by atoms with Crippen LogP contribution >= 0.6 is 38.9 Å². The number of fused-ring (bicyclic) bond motifs is 1. The molecule has 0 atom stereocenters. The molecule has 2 aromatic heterocycles. The molecule has 2 heterocycles. The van der Waals surface area contributed by atoms with Crippen LogP contribution in [0.2, 0.25) is 0 Å². The molecule has 0 saturated heterocycles. The molecule has 0 N–H and O–H groups in total. The molecule has 104 valence electrons. The van der Waals surface area contributed by atoms with Crippen LogP contribution in [0.25, 0.3) is 11.0 Å². The summed E-state index contributed by atoms with van der Waals surface area (Å²) in [6, 6.07) is 8.03. The highest BCUT2D eigenvalue weighted by atomic mass is 79.9. The van der Waals surface area contributed by atoms with Gasteiger partial charge in [-0.15, -0.1) is 22.9 Å². The molecule has 0 aliphatic carbocycles. The average Bonchev–Trinajstić information content (AvgIpc) is 3.02. The van der Waals surface area contributed by atoms with E-state index >= 15 is 0 Å². The van der Waals surface area contributed by atoms with Crippen molar-refractivity contribution in [2.24, 2.45) is 0 Å². The van der Waals surface area contributed by atoms with Gasteiger partial charge in [-0.1, -0.05) is 0 Å². The molecular weight excluding hydrogens is 360 g/mol. The summed E-state index contributed by atoms with van der Waals surface area (Å²) in [5.41, 5.74) is 1.99. The van der Waals surface area contributed by atoms with Gasteiger partial charge < -0.3 is 9.30 Å². The van der Waals surface area contributed by atoms with Crippen LogP contribution in [0.4, 0.5) is 0 Å². The van der Waals surface area contributed by atoms with E-state index in [0.29, 0.717) is 5.88 Å². The van der Waals surface area contributed by atoms with E-state index in [9.17, 15) is 0 Å². The maximum absolute atomic E-state index is 6.03. The fraction of sp³-hybridized carbons (Fsp3) is 0.214. The maximum atomic E-state index is 6.03. The molecule has 6 heteroatoms. The molecule has 0 fully saturated rings. The summed E-state index contributed by atoms with van der Waals surface area (Å²) in [6.07, 6.45) is 0. The number of alkyl halides is 1. The molecule has 0 aliphatic rings. The summed E-state index contributed by atoms with van der Waals surface area (Å²) >= 11 is 11.2. The van der Waals surface area contributed by atoms with Gasteiger partial charge >= 0.3 is 0 Å². The summed E-state index contributed by atoms with van der Waals surface area (Å²) in [5, 5.41) is 2.08. The number of hydrogen-bond acceptors (Lipinski definition) is 3. The van der Waals surface area contributed by atoms with Gasteiger partial charge in [0.05, 0.1) is 30.6 Å². The zero-order valence-electron chi connectivity index (χ0n) is 10.8. The van der Waals surface area contributed by atoms with E-state index in [2.05, 4.69) is 36.9 Å². The first-order chi connectivity index (χ1) is 9.71. The predicted octanol–water partition coefficient (Wildman–Crippen LogP) is 4.66. The number of hydrogen-bond donors (Lipinski definition) is 0. The Morgan fingerprint density at radius 1 is 1.40 bits per heavy atom. The number of aromatic nitrogens is 2. The number of benzene rings is 1. The third kappa shape index (κ3) is 2.57. The molecule has 0 spiro atoms. The van der Waals surface area contributed by atoms with E-state index in [0.717, 1.165) is 33.6 Å². The van der Waals surface area contributed by atoms with Gasteiger partial charge in [0.2, 0.25) is 0 Å². The molecule has 1 aromatic carbocycles. The molecule has 0 bridgehead atoms. The fourth-order valence-electron chi connectivity index (χ4n) is 2.16. The molecule has 0 aliphatic heterocycles. The molecule has 3 aromatic rings. The molecule has 3 rings (SSSR count). The zero-order valence-corrected chi connectivity index (χ0v) is 13.9. The maximum Gasteiger partial charge on any atom is 0.125 e. The van der Waals surface area contributed by atoms with Crippen LogP contribution in [0, 0.1) is 0 Å². The van der Waals surface area contributed by atoms with Crippen molar-refractivity contribution in [1.29, 1.82) is 0 Å². The second-order valence-electron chi connectivity index (χ2n) is 4.33.